The van der Waals surface area contributed by atoms with Crippen LogP contribution in [0, 0.1) is 7.14 Å². The minimum atomic E-state index is -4.45. The van der Waals surface area contributed by atoms with Crippen LogP contribution in [0.15, 0.2) is 48.5 Å². The monoisotopic (exact) mass is 398 g/mol. The van der Waals surface area contributed by atoms with Gasteiger partial charge in [-0.2, -0.15) is 0 Å². The van der Waals surface area contributed by atoms with Crippen molar-refractivity contribution >= 4 is 20.4 Å². The van der Waals surface area contributed by atoms with E-state index in [0.29, 0.717) is 9.32 Å². The number of alkyl halides is 3. The standard InChI is InChI=1S/C14H11F4IO/c1-20-13-7-5-11(6-8-13)19(18)12-4-2-3-10(9-12)14(15,16)17/h2-9H,1H3. The molecule has 2 rings (SSSR count). The molecule has 108 valence electrons. The van der Waals surface area contributed by atoms with Crippen LogP contribution in [0.25, 0.3) is 0 Å². The molecule has 0 unspecified atom stereocenters. The van der Waals surface area contributed by atoms with E-state index in [4.69, 9.17) is 4.74 Å². The van der Waals surface area contributed by atoms with E-state index in [1.807, 2.05) is 0 Å². The van der Waals surface area contributed by atoms with Gasteiger partial charge in [0.1, 0.15) is 0 Å². The molecule has 2 aromatic rings. The number of hydrogen-bond donors (Lipinski definition) is 0. The fourth-order valence-electron chi connectivity index (χ4n) is 1.58. The quantitative estimate of drug-likeness (QED) is 0.514. The Hall–Kier alpha value is -1.31. The van der Waals surface area contributed by atoms with E-state index < -0.39 is 32.1 Å². The zero-order valence-electron chi connectivity index (χ0n) is 10.4. The van der Waals surface area contributed by atoms with E-state index in [9.17, 15) is 16.0 Å². The number of rotatable bonds is 3. The average Bonchev–Trinajstić information content (AvgIpc) is 2.46. The first-order valence-corrected chi connectivity index (χ1v) is 8.57. The van der Waals surface area contributed by atoms with E-state index in [2.05, 4.69) is 0 Å². The van der Waals surface area contributed by atoms with E-state index >= 15 is 0 Å². The van der Waals surface area contributed by atoms with Crippen molar-refractivity contribution in [3.05, 3.63) is 61.2 Å². The Balaban J connectivity index is 2.30. The Labute approximate surface area is 121 Å². The van der Waals surface area contributed by atoms with Gasteiger partial charge in [-0.05, 0) is 0 Å². The molecule has 0 radical (unpaired) electrons. The summed E-state index contributed by atoms with van der Waals surface area (Å²) in [6.45, 7) is 0. The topological polar surface area (TPSA) is 9.23 Å². The molecule has 0 aliphatic rings. The van der Waals surface area contributed by atoms with Gasteiger partial charge in [-0.1, -0.05) is 0 Å². The van der Waals surface area contributed by atoms with Gasteiger partial charge in [0.25, 0.3) is 0 Å². The summed E-state index contributed by atoms with van der Waals surface area (Å²) in [5.74, 6) is 0.585. The second kappa shape index (κ2) is 5.99. The van der Waals surface area contributed by atoms with Crippen LogP contribution in [-0.2, 0) is 6.18 Å². The summed E-state index contributed by atoms with van der Waals surface area (Å²) in [6, 6.07) is 10.8. The van der Waals surface area contributed by atoms with Crippen LogP contribution in [0.5, 0.6) is 5.75 Å². The number of benzene rings is 2. The van der Waals surface area contributed by atoms with E-state index in [-0.39, 0.29) is 3.57 Å². The summed E-state index contributed by atoms with van der Waals surface area (Å²) in [7, 11) is 1.49. The molecule has 0 saturated carbocycles. The Bertz CT molecular complexity index is 580. The molecule has 0 atom stereocenters. The second-order valence-electron chi connectivity index (χ2n) is 3.90. The maximum atomic E-state index is 14.4. The van der Waals surface area contributed by atoms with E-state index in [1.54, 1.807) is 24.3 Å². The number of halogens is 5. The molecule has 0 aliphatic heterocycles. The molecule has 0 heterocycles. The first-order valence-electron chi connectivity index (χ1n) is 5.59. The first-order chi connectivity index (χ1) is 9.41. The molecule has 1 nitrogen and oxygen atoms in total. The van der Waals surface area contributed by atoms with Crippen LogP contribution in [0.2, 0.25) is 0 Å². The van der Waals surface area contributed by atoms with Crippen LogP contribution in [0.4, 0.5) is 16.0 Å². The fraction of sp³-hybridized carbons (Fsp3) is 0.143. The van der Waals surface area contributed by atoms with E-state index in [1.165, 1.54) is 19.2 Å². The predicted octanol–water partition coefficient (Wildman–Crippen LogP) is 5.14. The van der Waals surface area contributed by atoms with Crippen molar-refractivity contribution < 1.29 is 20.8 Å². The molecule has 0 aromatic heterocycles. The summed E-state index contributed by atoms with van der Waals surface area (Å²) in [5, 5.41) is 0. The Morgan fingerprint density at radius 3 is 2.15 bits per heavy atom. The summed E-state index contributed by atoms with van der Waals surface area (Å²) in [4.78, 5) is 0. The van der Waals surface area contributed by atoms with Crippen molar-refractivity contribution in [1.29, 1.82) is 0 Å². The minimum absolute atomic E-state index is 0.134. The third-order valence-corrected chi connectivity index (χ3v) is 6.16. The summed E-state index contributed by atoms with van der Waals surface area (Å²) >= 11 is -3.30. The van der Waals surface area contributed by atoms with Crippen molar-refractivity contribution in [1.82, 2.24) is 0 Å². The molecule has 0 saturated heterocycles. The summed E-state index contributed by atoms with van der Waals surface area (Å²) in [6.07, 6.45) is -4.45. The normalized spacial score (nSPS) is 12.2. The van der Waals surface area contributed by atoms with Crippen molar-refractivity contribution in [2.45, 2.75) is 6.18 Å². The van der Waals surface area contributed by atoms with Crippen molar-refractivity contribution in [3.8, 4) is 5.75 Å². The molecule has 20 heavy (non-hydrogen) atoms. The second-order valence-corrected chi connectivity index (χ2v) is 7.75. The molecule has 0 aliphatic carbocycles. The maximum absolute atomic E-state index is 14.4. The summed E-state index contributed by atoms with van der Waals surface area (Å²) < 4.78 is 57.8. The van der Waals surface area contributed by atoms with Crippen molar-refractivity contribution in [2.75, 3.05) is 7.11 Å². The third kappa shape index (κ3) is 3.41. The van der Waals surface area contributed by atoms with Crippen molar-refractivity contribution in [3.63, 3.8) is 0 Å². The average molecular weight is 398 g/mol. The van der Waals surface area contributed by atoms with Gasteiger partial charge >= 0.3 is 121 Å². The molecule has 0 bridgehead atoms. The Morgan fingerprint density at radius 2 is 1.60 bits per heavy atom. The number of hydrogen-bond acceptors (Lipinski definition) is 1. The van der Waals surface area contributed by atoms with Crippen LogP contribution in [0.3, 0.4) is 0 Å². The van der Waals surface area contributed by atoms with Gasteiger partial charge in [-0.25, -0.2) is 0 Å². The Morgan fingerprint density at radius 1 is 0.950 bits per heavy atom. The molecule has 0 fully saturated rings. The van der Waals surface area contributed by atoms with Gasteiger partial charge in [0.2, 0.25) is 0 Å². The zero-order valence-corrected chi connectivity index (χ0v) is 12.6. The fourth-order valence-corrected chi connectivity index (χ4v) is 4.42. The summed E-state index contributed by atoms with van der Waals surface area (Å²) in [5.41, 5.74) is -0.816. The Kier molecular flexibility index (Phi) is 4.52. The number of ether oxygens (including phenoxy) is 1. The van der Waals surface area contributed by atoms with Crippen LogP contribution in [0.1, 0.15) is 5.56 Å². The van der Waals surface area contributed by atoms with Crippen molar-refractivity contribution in [2.24, 2.45) is 0 Å². The van der Waals surface area contributed by atoms with Gasteiger partial charge < -0.3 is 0 Å². The third-order valence-electron chi connectivity index (χ3n) is 2.58. The zero-order chi connectivity index (χ0) is 14.8. The molecule has 0 spiro atoms. The van der Waals surface area contributed by atoms with Crippen LogP contribution < -0.4 is 4.74 Å². The SMILES string of the molecule is COc1ccc(I(F)c2cccc(C(F)(F)F)c2)cc1. The predicted molar refractivity (Wildman–Crippen MR) is 77.0 cm³/mol. The van der Waals surface area contributed by atoms with Crippen LogP contribution >= 0.6 is 20.4 Å². The van der Waals surface area contributed by atoms with Gasteiger partial charge in [-0.15, -0.1) is 0 Å². The van der Waals surface area contributed by atoms with Gasteiger partial charge in [0.15, 0.2) is 0 Å². The van der Waals surface area contributed by atoms with Gasteiger partial charge in [0, 0.05) is 0 Å². The molecule has 0 amide bonds. The molecule has 0 N–H and O–H groups in total. The van der Waals surface area contributed by atoms with Gasteiger partial charge in [-0.3, -0.25) is 0 Å². The van der Waals surface area contributed by atoms with Crippen LogP contribution in [-0.4, -0.2) is 7.11 Å². The molecule has 2 aromatic carbocycles. The first kappa shape index (κ1) is 15.1. The number of methoxy groups -OCH3 is 1. The molecular formula is C14H11F4IO. The van der Waals surface area contributed by atoms with Gasteiger partial charge in [0.05, 0.1) is 0 Å². The molecule has 6 heteroatoms. The van der Waals surface area contributed by atoms with E-state index in [0.717, 1.165) is 12.1 Å². The molecular weight excluding hydrogens is 387 g/mol.